The molecule has 1 aromatic heterocycles. The summed E-state index contributed by atoms with van der Waals surface area (Å²) in [6.07, 6.45) is 5.66. The number of hydrogen-bond donors (Lipinski definition) is 1. The predicted molar refractivity (Wildman–Crippen MR) is 78.4 cm³/mol. The molecule has 0 unspecified atom stereocenters. The lowest BCUT2D eigenvalue weighted by atomic mass is 10.2. The van der Waals surface area contributed by atoms with Crippen LogP contribution in [0.5, 0.6) is 0 Å². The van der Waals surface area contributed by atoms with E-state index in [2.05, 4.69) is 34.0 Å². The summed E-state index contributed by atoms with van der Waals surface area (Å²) < 4.78 is 2.09. The van der Waals surface area contributed by atoms with Gasteiger partial charge in [0.05, 0.1) is 5.69 Å². The van der Waals surface area contributed by atoms with Gasteiger partial charge < -0.3 is 10.2 Å². The summed E-state index contributed by atoms with van der Waals surface area (Å²) in [7, 11) is 4.11. The minimum Gasteiger partial charge on any atom is -0.356 e. The Labute approximate surface area is 116 Å². The van der Waals surface area contributed by atoms with Crippen LogP contribution in [0, 0.1) is 18.8 Å². The van der Waals surface area contributed by atoms with E-state index in [1.807, 2.05) is 7.05 Å². The van der Waals surface area contributed by atoms with Crippen LogP contribution in [0.3, 0.4) is 0 Å². The molecule has 0 amide bonds. The summed E-state index contributed by atoms with van der Waals surface area (Å²) in [5.41, 5.74) is 2.55. The molecule has 1 N–H and O–H groups in total. The second-order valence-corrected chi connectivity index (χ2v) is 6.33. The first-order valence-electron chi connectivity index (χ1n) is 7.61. The van der Waals surface area contributed by atoms with E-state index in [9.17, 15) is 0 Å². The molecule has 0 atom stereocenters. The van der Waals surface area contributed by atoms with Gasteiger partial charge in [0.15, 0.2) is 0 Å². The first-order valence-corrected chi connectivity index (χ1v) is 7.61. The topological polar surface area (TPSA) is 33.1 Å². The molecular weight excluding hydrogens is 236 g/mol. The van der Waals surface area contributed by atoms with Gasteiger partial charge in [-0.25, -0.2) is 0 Å². The monoisotopic (exact) mass is 262 g/mol. The van der Waals surface area contributed by atoms with Crippen LogP contribution in [0.25, 0.3) is 0 Å². The number of aromatic nitrogens is 2. The van der Waals surface area contributed by atoms with Crippen molar-refractivity contribution >= 4 is 5.82 Å². The zero-order valence-electron chi connectivity index (χ0n) is 12.4. The Morgan fingerprint density at radius 1 is 1.21 bits per heavy atom. The van der Waals surface area contributed by atoms with Gasteiger partial charge in [-0.05, 0) is 51.5 Å². The fourth-order valence-electron chi connectivity index (χ4n) is 2.94. The molecule has 0 spiro atoms. The molecule has 106 valence electrons. The molecule has 19 heavy (non-hydrogen) atoms. The first-order chi connectivity index (χ1) is 9.19. The van der Waals surface area contributed by atoms with Gasteiger partial charge in [-0.3, -0.25) is 4.68 Å². The summed E-state index contributed by atoms with van der Waals surface area (Å²) in [5.74, 6) is 3.21. The van der Waals surface area contributed by atoms with Crippen molar-refractivity contribution in [1.82, 2.24) is 15.1 Å². The maximum Gasteiger partial charge on any atom is 0.131 e. The molecule has 3 rings (SSSR count). The van der Waals surface area contributed by atoms with Crippen LogP contribution >= 0.6 is 0 Å². The third kappa shape index (κ3) is 2.94. The Morgan fingerprint density at radius 3 is 2.26 bits per heavy atom. The number of hydrogen-bond acceptors (Lipinski definition) is 3. The number of aryl methyl sites for hydroxylation is 2. The van der Waals surface area contributed by atoms with Gasteiger partial charge in [-0.2, -0.15) is 5.10 Å². The first kappa shape index (κ1) is 13.0. The van der Waals surface area contributed by atoms with Crippen LogP contribution in [-0.2, 0) is 13.6 Å². The van der Waals surface area contributed by atoms with Crippen LogP contribution in [0.2, 0.25) is 0 Å². The van der Waals surface area contributed by atoms with Crippen molar-refractivity contribution in [3.05, 3.63) is 11.3 Å². The van der Waals surface area contributed by atoms with Crippen molar-refractivity contribution in [2.75, 3.05) is 25.0 Å². The standard InChI is InChI=1S/C15H26N4/c1-11-14(8-16-2)15(18(3)17-11)19(9-12-4-5-12)10-13-6-7-13/h12-13,16H,4-10H2,1-3H3. The minimum atomic E-state index is 0.918. The highest BCUT2D eigenvalue weighted by Crippen LogP contribution is 2.37. The molecule has 0 radical (unpaired) electrons. The van der Waals surface area contributed by atoms with Crippen molar-refractivity contribution in [1.29, 1.82) is 0 Å². The van der Waals surface area contributed by atoms with Crippen LogP contribution in [-0.4, -0.2) is 29.9 Å². The lowest BCUT2D eigenvalue weighted by Gasteiger charge is -2.26. The Morgan fingerprint density at radius 2 is 1.79 bits per heavy atom. The second kappa shape index (κ2) is 5.16. The summed E-state index contributed by atoms with van der Waals surface area (Å²) in [6.45, 7) is 5.50. The molecule has 0 saturated heterocycles. The maximum absolute atomic E-state index is 4.64. The Kier molecular flexibility index (Phi) is 3.52. The van der Waals surface area contributed by atoms with Crippen LogP contribution in [0.1, 0.15) is 36.9 Å². The lowest BCUT2D eigenvalue weighted by molar-refractivity contribution is 0.635. The largest absolute Gasteiger partial charge is 0.356 e. The highest BCUT2D eigenvalue weighted by atomic mass is 15.4. The SMILES string of the molecule is CNCc1c(C)nn(C)c1N(CC1CC1)CC1CC1. The number of nitrogens with one attached hydrogen (secondary N) is 1. The Bertz CT molecular complexity index is 429. The van der Waals surface area contributed by atoms with Gasteiger partial charge >= 0.3 is 0 Å². The van der Waals surface area contributed by atoms with Crippen molar-refractivity contribution in [2.24, 2.45) is 18.9 Å². The van der Waals surface area contributed by atoms with Crippen molar-refractivity contribution < 1.29 is 0 Å². The number of nitrogens with zero attached hydrogens (tertiary/aromatic N) is 3. The molecule has 0 aromatic carbocycles. The summed E-state index contributed by atoms with van der Waals surface area (Å²) in [4.78, 5) is 2.61. The molecule has 1 aromatic rings. The minimum absolute atomic E-state index is 0.918. The van der Waals surface area contributed by atoms with Crippen molar-refractivity contribution in [3.8, 4) is 0 Å². The maximum atomic E-state index is 4.64. The van der Waals surface area contributed by atoms with Crippen LogP contribution < -0.4 is 10.2 Å². The van der Waals surface area contributed by atoms with E-state index in [0.717, 1.165) is 18.4 Å². The molecule has 1 heterocycles. The quantitative estimate of drug-likeness (QED) is 0.816. The predicted octanol–water partition coefficient (Wildman–Crippen LogP) is 2.07. The number of anilines is 1. The molecule has 2 saturated carbocycles. The van der Waals surface area contributed by atoms with E-state index in [1.54, 1.807) is 0 Å². The van der Waals surface area contributed by atoms with E-state index in [1.165, 1.54) is 55.8 Å². The molecule has 2 fully saturated rings. The van der Waals surface area contributed by atoms with Crippen LogP contribution in [0.15, 0.2) is 0 Å². The highest BCUT2D eigenvalue weighted by molar-refractivity contribution is 5.50. The van der Waals surface area contributed by atoms with E-state index in [0.29, 0.717) is 0 Å². The molecule has 2 aliphatic rings. The van der Waals surface area contributed by atoms with Gasteiger partial charge in [0.1, 0.15) is 5.82 Å². The highest BCUT2D eigenvalue weighted by Gasteiger charge is 2.31. The number of rotatable bonds is 7. The van der Waals surface area contributed by atoms with E-state index < -0.39 is 0 Å². The molecule has 4 heteroatoms. The van der Waals surface area contributed by atoms with Gasteiger partial charge in [0, 0.05) is 32.2 Å². The normalized spacial score (nSPS) is 18.9. The van der Waals surface area contributed by atoms with Crippen molar-refractivity contribution in [3.63, 3.8) is 0 Å². The van der Waals surface area contributed by atoms with E-state index in [-0.39, 0.29) is 0 Å². The second-order valence-electron chi connectivity index (χ2n) is 6.33. The molecule has 2 aliphatic carbocycles. The smallest absolute Gasteiger partial charge is 0.131 e. The zero-order chi connectivity index (χ0) is 13.4. The van der Waals surface area contributed by atoms with E-state index >= 15 is 0 Å². The third-order valence-electron chi connectivity index (χ3n) is 4.32. The van der Waals surface area contributed by atoms with Crippen molar-refractivity contribution in [2.45, 2.75) is 39.2 Å². The molecule has 4 nitrogen and oxygen atoms in total. The summed E-state index contributed by atoms with van der Waals surface area (Å²) in [5, 5.41) is 7.93. The fraction of sp³-hybridized carbons (Fsp3) is 0.800. The van der Waals surface area contributed by atoms with Gasteiger partial charge in [-0.15, -0.1) is 0 Å². The molecular formula is C15H26N4. The van der Waals surface area contributed by atoms with Gasteiger partial charge in [-0.1, -0.05) is 0 Å². The molecule has 0 bridgehead atoms. The summed E-state index contributed by atoms with van der Waals surface area (Å²) >= 11 is 0. The third-order valence-corrected chi connectivity index (χ3v) is 4.32. The zero-order valence-corrected chi connectivity index (χ0v) is 12.4. The van der Waals surface area contributed by atoms with E-state index in [4.69, 9.17) is 0 Å². The average Bonchev–Trinajstić information content (AvgIpc) is 3.24. The lowest BCUT2D eigenvalue weighted by Crippen LogP contribution is -2.31. The van der Waals surface area contributed by atoms with Gasteiger partial charge in [0.25, 0.3) is 0 Å². The molecule has 0 aliphatic heterocycles. The Balaban J connectivity index is 1.85. The summed E-state index contributed by atoms with van der Waals surface area (Å²) in [6, 6.07) is 0. The fourth-order valence-corrected chi connectivity index (χ4v) is 2.94. The average molecular weight is 262 g/mol. The van der Waals surface area contributed by atoms with Crippen LogP contribution in [0.4, 0.5) is 5.82 Å². The van der Waals surface area contributed by atoms with Gasteiger partial charge in [0.2, 0.25) is 0 Å². The Hall–Kier alpha value is -1.03.